The SMILES string of the molecule is O=C(Nc1cc(F)ccc1F)c1cc(Cl)ccc1O. The first-order valence-electron chi connectivity index (χ1n) is 5.22. The highest BCUT2D eigenvalue weighted by Crippen LogP contribution is 2.23. The maximum Gasteiger partial charge on any atom is 0.259 e. The zero-order valence-electron chi connectivity index (χ0n) is 9.45. The molecule has 0 saturated carbocycles. The minimum atomic E-state index is -0.788. The van der Waals surface area contributed by atoms with Crippen molar-refractivity contribution >= 4 is 23.2 Å². The zero-order valence-corrected chi connectivity index (χ0v) is 10.2. The highest BCUT2D eigenvalue weighted by Gasteiger charge is 2.14. The van der Waals surface area contributed by atoms with Crippen molar-refractivity contribution in [1.82, 2.24) is 0 Å². The number of halogens is 3. The molecule has 0 spiro atoms. The molecule has 0 atom stereocenters. The molecule has 2 N–H and O–H groups in total. The van der Waals surface area contributed by atoms with Crippen LogP contribution in [0.4, 0.5) is 14.5 Å². The van der Waals surface area contributed by atoms with Gasteiger partial charge in [-0.3, -0.25) is 4.79 Å². The average Bonchev–Trinajstić information content (AvgIpc) is 2.36. The third-order valence-corrected chi connectivity index (χ3v) is 2.61. The van der Waals surface area contributed by atoms with Crippen LogP contribution in [0.5, 0.6) is 5.75 Å². The number of carbonyl (C=O) groups is 1. The van der Waals surface area contributed by atoms with Crippen molar-refractivity contribution in [3.05, 3.63) is 58.6 Å². The third-order valence-electron chi connectivity index (χ3n) is 2.38. The molecule has 0 radical (unpaired) electrons. The molecule has 6 heteroatoms. The van der Waals surface area contributed by atoms with Gasteiger partial charge in [-0.05, 0) is 30.3 Å². The Morgan fingerprint density at radius 3 is 2.63 bits per heavy atom. The lowest BCUT2D eigenvalue weighted by atomic mass is 10.2. The minimum absolute atomic E-state index is 0.129. The van der Waals surface area contributed by atoms with Crippen LogP contribution in [-0.2, 0) is 0 Å². The summed E-state index contributed by atoms with van der Waals surface area (Å²) in [5, 5.41) is 11.9. The quantitative estimate of drug-likeness (QED) is 0.885. The van der Waals surface area contributed by atoms with E-state index in [0.717, 1.165) is 18.2 Å². The van der Waals surface area contributed by atoms with Crippen LogP contribution in [0.2, 0.25) is 5.02 Å². The number of phenols is 1. The van der Waals surface area contributed by atoms with Gasteiger partial charge in [0.15, 0.2) is 0 Å². The van der Waals surface area contributed by atoms with Gasteiger partial charge in [0, 0.05) is 11.1 Å². The Hall–Kier alpha value is -2.14. The number of aromatic hydroxyl groups is 1. The third kappa shape index (κ3) is 3.00. The van der Waals surface area contributed by atoms with Crippen molar-refractivity contribution in [2.75, 3.05) is 5.32 Å². The van der Waals surface area contributed by atoms with Crippen LogP contribution in [0.3, 0.4) is 0 Å². The van der Waals surface area contributed by atoms with Crippen LogP contribution in [0.25, 0.3) is 0 Å². The first-order valence-corrected chi connectivity index (χ1v) is 5.60. The number of rotatable bonds is 2. The number of hydrogen-bond acceptors (Lipinski definition) is 2. The van der Waals surface area contributed by atoms with Crippen molar-refractivity contribution in [2.24, 2.45) is 0 Å². The molecule has 0 saturated heterocycles. The molecule has 0 fully saturated rings. The lowest BCUT2D eigenvalue weighted by molar-refractivity contribution is 0.102. The molecule has 1 amide bonds. The molecule has 0 aliphatic heterocycles. The molecular weight excluding hydrogens is 276 g/mol. The maximum absolute atomic E-state index is 13.4. The van der Waals surface area contributed by atoms with Gasteiger partial charge in [-0.15, -0.1) is 0 Å². The van der Waals surface area contributed by atoms with E-state index >= 15 is 0 Å². The lowest BCUT2D eigenvalue weighted by Gasteiger charge is -2.08. The molecule has 0 aliphatic rings. The first-order chi connectivity index (χ1) is 8.97. The largest absolute Gasteiger partial charge is 0.507 e. The van der Waals surface area contributed by atoms with Gasteiger partial charge in [-0.2, -0.15) is 0 Å². The second-order valence-corrected chi connectivity index (χ2v) is 4.18. The fourth-order valence-corrected chi connectivity index (χ4v) is 1.65. The maximum atomic E-state index is 13.4. The van der Waals surface area contributed by atoms with E-state index < -0.39 is 17.5 Å². The van der Waals surface area contributed by atoms with Crippen molar-refractivity contribution in [3.8, 4) is 5.75 Å². The molecule has 19 heavy (non-hydrogen) atoms. The second-order valence-electron chi connectivity index (χ2n) is 3.74. The van der Waals surface area contributed by atoms with E-state index in [4.69, 9.17) is 11.6 Å². The standard InChI is InChI=1S/C13H8ClF2NO2/c14-7-1-4-12(18)9(5-7)13(19)17-11-6-8(15)2-3-10(11)16/h1-6,18H,(H,17,19). The molecular formula is C13H8ClF2NO2. The first kappa shape index (κ1) is 13.3. The van der Waals surface area contributed by atoms with Gasteiger partial charge in [0.2, 0.25) is 0 Å². The van der Waals surface area contributed by atoms with E-state index in [1.165, 1.54) is 18.2 Å². The van der Waals surface area contributed by atoms with Crippen LogP contribution >= 0.6 is 11.6 Å². The summed E-state index contributed by atoms with van der Waals surface area (Å²) in [4.78, 5) is 11.8. The van der Waals surface area contributed by atoms with Crippen molar-refractivity contribution in [1.29, 1.82) is 0 Å². The number of amides is 1. The Morgan fingerprint density at radius 1 is 1.16 bits per heavy atom. The molecule has 2 aromatic carbocycles. The molecule has 0 aromatic heterocycles. The number of carbonyl (C=O) groups excluding carboxylic acids is 1. The molecule has 0 bridgehead atoms. The van der Waals surface area contributed by atoms with Gasteiger partial charge in [0.05, 0.1) is 11.3 Å². The van der Waals surface area contributed by atoms with Crippen LogP contribution < -0.4 is 5.32 Å². The van der Waals surface area contributed by atoms with Crippen LogP contribution in [0.1, 0.15) is 10.4 Å². The summed E-state index contributed by atoms with van der Waals surface area (Å²) in [6, 6.07) is 6.53. The molecule has 0 unspecified atom stereocenters. The Balaban J connectivity index is 2.30. The molecule has 2 aromatic rings. The summed E-state index contributed by atoms with van der Waals surface area (Å²) in [7, 11) is 0. The van der Waals surface area contributed by atoms with Crippen LogP contribution in [0, 0.1) is 11.6 Å². The van der Waals surface area contributed by atoms with Gasteiger partial charge in [-0.25, -0.2) is 8.78 Å². The second kappa shape index (κ2) is 5.24. The van der Waals surface area contributed by atoms with Gasteiger partial charge < -0.3 is 10.4 Å². The summed E-state index contributed by atoms with van der Waals surface area (Å²) in [6.45, 7) is 0. The molecule has 3 nitrogen and oxygen atoms in total. The Bertz CT molecular complexity index is 647. The average molecular weight is 284 g/mol. The van der Waals surface area contributed by atoms with E-state index in [1.54, 1.807) is 0 Å². The highest BCUT2D eigenvalue weighted by atomic mass is 35.5. The number of hydrogen-bond donors (Lipinski definition) is 2. The number of nitrogens with one attached hydrogen (secondary N) is 1. The lowest BCUT2D eigenvalue weighted by Crippen LogP contribution is -2.13. The normalized spacial score (nSPS) is 10.3. The van der Waals surface area contributed by atoms with Gasteiger partial charge >= 0.3 is 0 Å². The van der Waals surface area contributed by atoms with Crippen molar-refractivity contribution in [2.45, 2.75) is 0 Å². The van der Waals surface area contributed by atoms with E-state index in [0.29, 0.717) is 0 Å². The predicted octanol–water partition coefficient (Wildman–Crippen LogP) is 3.58. The summed E-state index contributed by atoms with van der Waals surface area (Å²) in [5.74, 6) is -2.56. The molecule has 0 heterocycles. The van der Waals surface area contributed by atoms with Crippen LogP contribution in [-0.4, -0.2) is 11.0 Å². The Morgan fingerprint density at radius 2 is 1.89 bits per heavy atom. The van der Waals surface area contributed by atoms with Crippen molar-refractivity contribution in [3.63, 3.8) is 0 Å². The van der Waals surface area contributed by atoms with E-state index in [-0.39, 0.29) is 22.0 Å². The molecule has 0 aliphatic carbocycles. The van der Waals surface area contributed by atoms with Gasteiger partial charge in [-0.1, -0.05) is 11.6 Å². The molecule has 98 valence electrons. The van der Waals surface area contributed by atoms with Crippen molar-refractivity contribution < 1.29 is 18.7 Å². The van der Waals surface area contributed by atoms with Gasteiger partial charge in [0.25, 0.3) is 5.91 Å². The number of benzene rings is 2. The highest BCUT2D eigenvalue weighted by molar-refractivity contribution is 6.31. The van der Waals surface area contributed by atoms with E-state index in [9.17, 15) is 18.7 Å². The number of phenolic OH excluding ortho intramolecular Hbond substituents is 1. The fraction of sp³-hybridized carbons (Fsp3) is 0. The fourth-order valence-electron chi connectivity index (χ4n) is 1.47. The topological polar surface area (TPSA) is 49.3 Å². The summed E-state index contributed by atoms with van der Waals surface area (Å²) in [6.07, 6.45) is 0. The zero-order chi connectivity index (χ0) is 14.0. The monoisotopic (exact) mass is 283 g/mol. The summed E-state index contributed by atoms with van der Waals surface area (Å²) < 4.78 is 26.3. The summed E-state index contributed by atoms with van der Waals surface area (Å²) in [5.41, 5.74) is -0.444. The molecule has 2 rings (SSSR count). The minimum Gasteiger partial charge on any atom is -0.507 e. The van der Waals surface area contributed by atoms with Crippen LogP contribution in [0.15, 0.2) is 36.4 Å². The van der Waals surface area contributed by atoms with E-state index in [1.807, 2.05) is 0 Å². The Kier molecular flexibility index (Phi) is 3.66. The predicted molar refractivity (Wildman–Crippen MR) is 67.4 cm³/mol. The van der Waals surface area contributed by atoms with Gasteiger partial charge in [0.1, 0.15) is 17.4 Å². The Labute approximate surface area is 112 Å². The van der Waals surface area contributed by atoms with E-state index in [2.05, 4.69) is 5.32 Å². The number of anilines is 1. The smallest absolute Gasteiger partial charge is 0.259 e. The summed E-state index contributed by atoms with van der Waals surface area (Å²) >= 11 is 5.70.